The van der Waals surface area contributed by atoms with Gasteiger partial charge in [0.05, 0.1) is 0 Å². The first-order valence-corrected chi connectivity index (χ1v) is 3.64. The van der Waals surface area contributed by atoms with Gasteiger partial charge >= 0.3 is 0 Å². The van der Waals surface area contributed by atoms with Crippen molar-refractivity contribution in [3.05, 3.63) is 46.3 Å². The maximum Gasteiger partial charge on any atom is 0.142 e. The van der Waals surface area contributed by atoms with E-state index in [1.807, 2.05) is 0 Å². The number of hydrogen-bond donors (Lipinski definition) is 0. The van der Waals surface area contributed by atoms with Gasteiger partial charge < -0.3 is 0 Å². The summed E-state index contributed by atoms with van der Waals surface area (Å²) in [7, 11) is 0. The zero-order valence-electron chi connectivity index (χ0n) is 6.79. The Bertz CT molecular complexity index is 361. The molecule has 0 spiro atoms. The molecule has 0 N–H and O–H groups in total. The highest BCUT2D eigenvalue weighted by molar-refractivity contribution is 5.74. The summed E-state index contributed by atoms with van der Waals surface area (Å²) in [6, 6.07) is 6.91. The van der Waals surface area contributed by atoms with E-state index in [-0.39, 0.29) is 0 Å². The van der Waals surface area contributed by atoms with Crippen LogP contribution in [0.2, 0.25) is 0 Å². The van der Waals surface area contributed by atoms with E-state index in [2.05, 4.69) is 10.0 Å². The number of rotatable bonds is 3. The SMILES string of the molecule is [N-]=[N+]=Nc1ccc(C=CC=O)cc1. The molecule has 64 valence electrons. The summed E-state index contributed by atoms with van der Waals surface area (Å²) in [5, 5.41) is 3.41. The van der Waals surface area contributed by atoms with Gasteiger partial charge in [-0.3, -0.25) is 4.79 Å². The number of benzene rings is 1. The number of hydrogen-bond acceptors (Lipinski definition) is 2. The summed E-state index contributed by atoms with van der Waals surface area (Å²) in [4.78, 5) is 12.6. The van der Waals surface area contributed by atoms with Crippen LogP contribution in [0.4, 0.5) is 5.69 Å². The van der Waals surface area contributed by atoms with Crippen molar-refractivity contribution in [2.45, 2.75) is 0 Å². The Morgan fingerprint density at radius 1 is 1.31 bits per heavy atom. The largest absolute Gasteiger partial charge is 0.299 e. The lowest BCUT2D eigenvalue weighted by molar-refractivity contribution is -0.104. The van der Waals surface area contributed by atoms with E-state index < -0.39 is 0 Å². The molecule has 1 aromatic carbocycles. The van der Waals surface area contributed by atoms with Gasteiger partial charge in [0.25, 0.3) is 0 Å². The summed E-state index contributed by atoms with van der Waals surface area (Å²) < 4.78 is 0. The Morgan fingerprint density at radius 3 is 2.54 bits per heavy atom. The third-order valence-corrected chi connectivity index (χ3v) is 1.42. The quantitative estimate of drug-likeness (QED) is 0.228. The molecule has 0 amide bonds. The van der Waals surface area contributed by atoms with Crippen molar-refractivity contribution in [1.82, 2.24) is 0 Å². The van der Waals surface area contributed by atoms with E-state index in [1.54, 1.807) is 30.3 Å². The molecular weight excluding hydrogens is 166 g/mol. The summed E-state index contributed by atoms with van der Waals surface area (Å²) >= 11 is 0. The number of carbonyl (C=O) groups excluding carboxylic acids is 1. The van der Waals surface area contributed by atoms with Gasteiger partial charge in [0, 0.05) is 10.6 Å². The van der Waals surface area contributed by atoms with Crippen LogP contribution in [0.3, 0.4) is 0 Å². The summed E-state index contributed by atoms with van der Waals surface area (Å²) in [6.45, 7) is 0. The van der Waals surface area contributed by atoms with Crippen molar-refractivity contribution in [1.29, 1.82) is 0 Å². The molecular formula is C9H7N3O. The molecule has 0 atom stereocenters. The Morgan fingerprint density at radius 2 is 2.00 bits per heavy atom. The number of carbonyl (C=O) groups is 1. The second kappa shape index (κ2) is 4.74. The fourth-order valence-electron chi connectivity index (χ4n) is 0.854. The van der Waals surface area contributed by atoms with E-state index in [4.69, 9.17) is 5.53 Å². The minimum absolute atomic E-state index is 0.561. The molecule has 0 bridgehead atoms. The minimum Gasteiger partial charge on any atom is -0.299 e. The van der Waals surface area contributed by atoms with E-state index in [0.29, 0.717) is 12.0 Å². The highest BCUT2D eigenvalue weighted by Gasteiger charge is 1.87. The summed E-state index contributed by atoms with van der Waals surface area (Å²) in [5.74, 6) is 0. The number of aldehydes is 1. The third kappa shape index (κ3) is 2.81. The zero-order valence-corrected chi connectivity index (χ0v) is 6.79. The van der Waals surface area contributed by atoms with E-state index in [0.717, 1.165) is 5.56 Å². The van der Waals surface area contributed by atoms with Gasteiger partial charge in [-0.15, -0.1) is 0 Å². The maximum atomic E-state index is 9.99. The van der Waals surface area contributed by atoms with Gasteiger partial charge in [0.2, 0.25) is 0 Å². The van der Waals surface area contributed by atoms with Gasteiger partial charge in [0.1, 0.15) is 6.29 Å². The molecule has 0 aliphatic rings. The van der Waals surface area contributed by atoms with Crippen LogP contribution >= 0.6 is 0 Å². The van der Waals surface area contributed by atoms with Crippen LogP contribution < -0.4 is 0 Å². The van der Waals surface area contributed by atoms with Crippen LogP contribution in [0.25, 0.3) is 16.5 Å². The van der Waals surface area contributed by atoms with Gasteiger partial charge in [-0.1, -0.05) is 35.5 Å². The van der Waals surface area contributed by atoms with Crippen LogP contribution in [0.1, 0.15) is 5.56 Å². The van der Waals surface area contributed by atoms with Crippen LogP contribution in [-0.2, 0) is 4.79 Å². The first-order valence-electron chi connectivity index (χ1n) is 3.64. The number of nitrogens with zero attached hydrogens (tertiary/aromatic N) is 3. The molecule has 0 saturated carbocycles. The Kier molecular flexibility index (Phi) is 3.30. The standard InChI is InChI=1S/C9H7N3O/c10-12-11-9-5-3-8(4-6-9)2-1-7-13/h1-7H. The van der Waals surface area contributed by atoms with Crippen LogP contribution in [-0.4, -0.2) is 6.29 Å². The van der Waals surface area contributed by atoms with Gasteiger partial charge in [-0.25, -0.2) is 0 Å². The zero-order chi connectivity index (χ0) is 9.52. The predicted octanol–water partition coefficient (Wildman–Crippen LogP) is 2.84. The molecule has 4 heteroatoms. The fraction of sp³-hybridized carbons (Fsp3) is 0. The van der Waals surface area contributed by atoms with Gasteiger partial charge in [0.15, 0.2) is 0 Å². The lowest BCUT2D eigenvalue weighted by Crippen LogP contribution is -1.70. The molecule has 0 saturated heterocycles. The van der Waals surface area contributed by atoms with E-state index in [1.165, 1.54) is 6.08 Å². The molecule has 0 radical (unpaired) electrons. The smallest absolute Gasteiger partial charge is 0.142 e. The van der Waals surface area contributed by atoms with Crippen molar-refractivity contribution >= 4 is 18.0 Å². The third-order valence-electron chi connectivity index (χ3n) is 1.42. The molecule has 0 aliphatic carbocycles. The lowest BCUT2D eigenvalue weighted by Gasteiger charge is -1.92. The maximum absolute atomic E-state index is 9.99. The van der Waals surface area contributed by atoms with Crippen LogP contribution in [0.5, 0.6) is 0 Å². The predicted molar refractivity (Wildman–Crippen MR) is 50.3 cm³/mol. The van der Waals surface area contributed by atoms with E-state index >= 15 is 0 Å². The Labute approximate surface area is 75.1 Å². The first-order chi connectivity index (χ1) is 6.36. The molecule has 0 aromatic heterocycles. The minimum atomic E-state index is 0.561. The first kappa shape index (κ1) is 9.03. The normalized spacial score (nSPS) is 9.54. The van der Waals surface area contributed by atoms with Crippen molar-refractivity contribution in [3.8, 4) is 0 Å². The molecule has 0 aliphatic heterocycles. The average molecular weight is 173 g/mol. The summed E-state index contributed by atoms with van der Waals surface area (Å²) in [6.07, 6.45) is 3.79. The fourth-order valence-corrected chi connectivity index (χ4v) is 0.854. The van der Waals surface area contributed by atoms with Crippen LogP contribution in [0.15, 0.2) is 35.5 Å². The van der Waals surface area contributed by atoms with Gasteiger partial charge in [-0.2, -0.15) is 0 Å². The molecule has 0 fully saturated rings. The molecule has 0 unspecified atom stereocenters. The van der Waals surface area contributed by atoms with Crippen molar-refractivity contribution in [3.63, 3.8) is 0 Å². The van der Waals surface area contributed by atoms with Crippen molar-refractivity contribution in [2.75, 3.05) is 0 Å². The summed E-state index contributed by atoms with van der Waals surface area (Å²) in [5.41, 5.74) is 9.58. The molecule has 0 heterocycles. The van der Waals surface area contributed by atoms with Crippen molar-refractivity contribution in [2.24, 2.45) is 5.11 Å². The lowest BCUT2D eigenvalue weighted by atomic mass is 10.2. The van der Waals surface area contributed by atoms with E-state index in [9.17, 15) is 4.79 Å². The second-order valence-electron chi connectivity index (χ2n) is 2.28. The second-order valence-corrected chi connectivity index (χ2v) is 2.28. The number of azide groups is 1. The highest BCUT2D eigenvalue weighted by Crippen LogP contribution is 2.13. The Hall–Kier alpha value is -2.06. The topological polar surface area (TPSA) is 65.8 Å². The van der Waals surface area contributed by atoms with Gasteiger partial charge in [-0.05, 0) is 17.2 Å². The molecule has 1 rings (SSSR count). The molecule has 4 nitrogen and oxygen atoms in total. The Balaban J connectivity index is 2.86. The number of allylic oxidation sites excluding steroid dienone is 1. The highest BCUT2D eigenvalue weighted by atomic mass is 16.1. The van der Waals surface area contributed by atoms with Crippen LogP contribution in [0, 0.1) is 0 Å². The van der Waals surface area contributed by atoms with Crippen molar-refractivity contribution < 1.29 is 4.79 Å². The monoisotopic (exact) mass is 173 g/mol. The molecule has 1 aromatic rings. The average Bonchev–Trinajstić information content (AvgIpc) is 2.17. The molecule has 13 heavy (non-hydrogen) atoms.